The molecule has 0 fully saturated rings. The first-order valence-corrected chi connectivity index (χ1v) is 7.03. The number of rotatable bonds is 5. The summed E-state index contributed by atoms with van der Waals surface area (Å²) in [4.78, 5) is 11.6. The van der Waals surface area contributed by atoms with Crippen molar-refractivity contribution in [2.45, 2.75) is 12.5 Å². The van der Waals surface area contributed by atoms with Crippen molar-refractivity contribution in [3.63, 3.8) is 0 Å². The zero-order valence-electron chi connectivity index (χ0n) is 12.3. The van der Waals surface area contributed by atoms with Crippen molar-refractivity contribution in [2.75, 3.05) is 13.2 Å². The van der Waals surface area contributed by atoms with Crippen LogP contribution < -0.4 is 0 Å². The van der Waals surface area contributed by atoms with Gasteiger partial charge in [0.15, 0.2) is 0 Å². The number of nitrogens with zero attached hydrogens (tertiary/aromatic N) is 3. The Morgan fingerprint density at radius 1 is 1.18 bits per heavy atom. The maximum Gasteiger partial charge on any atom is 0.0979 e. The van der Waals surface area contributed by atoms with Gasteiger partial charge in [-0.2, -0.15) is 0 Å². The van der Waals surface area contributed by atoms with Crippen LogP contribution in [0.5, 0.6) is 0 Å². The maximum absolute atomic E-state index is 9.71. The minimum Gasteiger partial charge on any atom is -0.394 e. The molecule has 6 heteroatoms. The van der Waals surface area contributed by atoms with E-state index in [1.807, 2.05) is 30.3 Å². The van der Waals surface area contributed by atoms with Gasteiger partial charge in [0.05, 0.1) is 54.7 Å². The number of nitrogens with one attached hydrogen (secondary N) is 1. The van der Waals surface area contributed by atoms with E-state index < -0.39 is 5.54 Å². The van der Waals surface area contributed by atoms with Gasteiger partial charge in [0.25, 0.3) is 0 Å². The highest BCUT2D eigenvalue weighted by molar-refractivity contribution is 5.76. The van der Waals surface area contributed by atoms with Crippen molar-refractivity contribution in [3.05, 3.63) is 49.2 Å². The van der Waals surface area contributed by atoms with Crippen LogP contribution >= 0.6 is 0 Å². The number of aromatic nitrogens is 4. The summed E-state index contributed by atoms with van der Waals surface area (Å²) in [5.74, 6) is 0. The van der Waals surface area contributed by atoms with Crippen molar-refractivity contribution < 1.29 is 10.2 Å². The SMILES string of the molecule is CC(CO)(CO)n1cnc(-c2ccccc2)c1-c1cnc[nH]1. The number of benzene rings is 1. The van der Waals surface area contributed by atoms with Crippen LogP contribution in [0.2, 0.25) is 0 Å². The lowest BCUT2D eigenvalue weighted by Crippen LogP contribution is -2.38. The Balaban J connectivity index is 2.24. The van der Waals surface area contributed by atoms with Crippen molar-refractivity contribution in [2.24, 2.45) is 0 Å². The van der Waals surface area contributed by atoms with Gasteiger partial charge in [0, 0.05) is 5.56 Å². The van der Waals surface area contributed by atoms with Gasteiger partial charge in [0.1, 0.15) is 0 Å². The Morgan fingerprint density at radius 2 is 1.91 bits per heavy atom. The highest BCUT2D eigenvalue weighted by Gasteiger charge is 2.30. The van der Waals surface area contributed by atoms with Crippen LogP contribution in [0.15, 0.2) is 49.2 Å². The molecule has 3 N–H and O–H groups in total. The second-order valence-corrected chi connectivity index (χ2v) is 5.46. The minimum atomic E-state index is -0.847. The zero-order valence-corrected chi connectivity index (χ0v) is 12.3. The minimum absolute atomic E-state index is 0.199. The van der Waals surface area contributed by atoms with Gasteiger partial charge in [-0.3, -0.25) is 0 Å². The summed E-state index contributed by atoms with van der Waals surface area (Å²) >= 11 is 0. The predicted molar refractivity (Wildman–Crippen MR) is 83.1 cm³/mol. The van der Waals surface area contributed by atoms with Crippen LogP contribution in [0.25, 0.3) is 22.6 Å². The van der Waals surface area contributed by atoms with Gasteiger partial charge in [0.2, 0.25) is 0 Å². The summed E-state index contributed by atoms with van der Waals surface area (Å²) in [6, 6.07) is 9.79. The Kier molecular flexibility index (Phi) is 3.79. The average Bonchev–Trinajstić information content (AvgIpc) is 3.23. The van der Waals surface area contributed by atoms with E-state index in [1.54, 1.807) is 30.3 Å². The second-order valence-electron chi connectivity index (χ2n) is 5.46. The first-order valence-electron chi connectivity index (χ1n) is 7.03. The summed E-state index contributed by atoms with van der Waals surface area (Å²) in [6.45, 7) is 1.38. The van der Waals surface area contributed by atoms with E-state index in [1.165, 1.54) is 0 Å². The van der Waals surface area contributed by atoms with Crippen molar-refractivity contribution in [3.8, 4) is 22.6 Å². The molecule has 114 valence electrons. The van der Waals surface area contributed by atoms with E-state index in [2.05, 4.69) is 15.0 Å². The van der Waals surface area contributed by atoms with Crippen LogP contribution in [0.3, 0.4) is 0 Å². The molecule has 0 saturated heterocycles. The number of imidazole rings is 2. The first kappa shape index (κ1) is 14.5. The molecule has 0 aliphatic carbocycles. The molecular formula is C16H18N4O2. The third-order valence-electron chi connectivity index (χ3n) is 3.83. The summed E-state index contributed by atoms with van der Waals surface area (Å²) in [6.07, 6.45) is 4.94. The molecule has 3 aromatic rings. The Labute approximate surface area is 128 Å². The summed E-state index contributed by atoms with van der Waals surface area (Å²) in [5, 5.41) is 19.4. The molecule has 2 aromatic heterocycles. The number of H-pyrrole nitrogens is 1. The van der Waals surface area contributed by atoms with Crippen LogP contribution in [0, 0.1) is 0 Å². The highest BCUT2D eigenvalue weighted by atomic mass is 16.3. The van der Waals surface area contributed by atoms with Crippen molar-refractivity contribution in [1.29, 1.82) is 0 Å². The van der Waals surface area contributed by atoms with Crippen LogP contribution in [0.1, 0.15) is 6.92 Å². The molecule has 0 saturated carbocycles. The largest absolute Gasteiger partial charge is 0.394 e. The van der Waals surface area contributed by atoms with E-state index in [9.17, 15) is 10.2 Å². The highest BCUT2D eigenvalue weighted by Crippen LogP contribution is 2.33. The summed E-state index contributed by atoms with van der Waals surface area (Å²) < 4.78 is 1.79. The van der Waals surface area contributed by atoms with E-state index in [0.717, 1.165) is 22.6 Å². The molecule has 0 amide bonds. The third-order valence-corrected chi connectivity index (χ3v) is 3.83. The van der Waals surface area contributed by atoms with Gasteiger partial charge >= 0.3 is 0 Å². The van der Waals surface area contributed by atoms with Crippen LogP contribution in [-0.4, -0.2) is 42.9 Å². The number of hydrogen-bond donors (Lipinski definition) is 3. The van der Waals surface area contributed by atoms with Gasteiger partial charge < -0.3 is 19.8 Å². The molecular weight excluding hydrogens is 280 g/mol. The van der Waals surface area contributed by atoms with E-state index in [4.69, 9.17) is 0 Å². The molecule has 0 bridgehead atoms. The van der Waals surface area contributed by atoms with Crippen molar-refractivity contribution in [1.82, 2.24) is 19.5 Å². The number of hydrogen-bond acceptors (Lipinski definition) is 4. The maximum atomic E-state index is 9.71. The standard InChI is InChI=1S/C16H18N4O2/c1-16(8-21,9-22)20-11-19-14(12-5-3-2-4-6-12)15(20)13-7-17-10-18-13/h2-7,10-11,21-22H,8-9H2,1H3,(H,17,18). The zero-order chi connectivity index (χ0) is 15.6. The van der Waals surface area contributed by atoms with E-state index >= 15 is 0 Å². The molecule has 0 aliphatic heterocycles. The fraction of sp³-hybridized carbons (Fsp3) is 0.250. The molecule has 0 unspecified atom stereocenters. The van der Waals surface area contributed by atoms with Crippen LogP contribution in [-0.2, 0) is 5.54 Å². The smallest absolute Gasteiger partial charge is 0.0979 e. The van der Waals surface area contributed by atoms with Gasteiger partial charge in [-0.1, -0.05) is 30.3 Å². The Morgan fingerprint density at radius 3 is 2.50 bits per heavy atom. The quantitative estimate of drug-likeness (QED) is 0.668. The molecule has 3 rings (SSSR count). The molecule has 22 heavy (non-hydrogen) atoms. The molecule has 0 aliphatic rings. The summed E-state index contributed by atoms with van der Waals surface area (Å²) in [7, 11) is 0. The summed E-state index contributed by atoms with van der Waals surface area (Å²) in [5.41, 5.74) is 2.46. The molecule has 6 nitrogen and oxygen atoms in total. The third kappa shape index (κ3) is 2.32. The average molecular weight is 298 g/mol. The lowest BCUT2D eigenvalue weighted by Gasteiger charge is -2.28. The van der Waals surface area contributed by atoms with E-state index in [0.29, 0.717) is 0 Å². The lowest BCUT2D eigenvalue weighted by molar-refractivity contribution is 0.0790. The number of aromatic amines is 1. The molecule has 1 aromatic carbocycles. The Bertz CT molecular complexity index is 731. The van der Waals surface area contributed by atoms with Gasteiger partial charge in [-0.15, -0.1) is 0 Å². The molecule has 0 atom stereocenters. The van der Waals surface area contributed by atoms with E-state index in [-0.39, 0.29) is 13.2 Å². The fourth-order valence-corrected chi connectivity index (χ4v) is 2.41. The number of aliphatic hydroxyl groups excluding tert-OH is 2. The molecule has 0 radical (unpaired) electrons. The molecule has 0 spiro atoms. The topological polar surface area (TPSA) is 87.0 Å². The number of aliphatic hydroxyl groups is 2. The fourth-order valence-electron chi connectivity index (χ4n) is 2.41. The van der Waals surface area contributed by atoms with Gasteiger partial charge in [-0.05, 0) is 6.92 Å². The van der Waals surface area contributed by atoms with Crippen molar-refractivity contribution >= 4 is 0 Å². The second kappa shape index (κ2) is 5.75. The monoisotopic (exact) mass is 298 g/mol. The molecule has 2 heterocycles. The predicted octanol–water partition coefficient (Wildman–Crippen LogP) is 1.64. The van der Waals surface area contributed by atoms with Gasteiger partial charge in [-0.25, -0.2) is 9.97 Å². The first-order chi connectivity index (χ1) is 10.7. The lowest BCUT2D eigenvalue weighted by atomic mass is 10.0. The Hall–Kier alpha value is -2.44. The van der Waals surface area contributed by atoms with Crippen LogP contribution in [0.4, 0.5) is 0 Å². The normalized spacial score (nSPS) is 11.8.